The molecule has 0 aromatic heterocycles. The van der Waals surface area contributed by atoms with Gasteiger partial charge in [-0.25, -0.2) is 0 Å². The van der Waals surface area contributed by atoms with Gasteiger partial charge in [-0.3, -0.25) is 0 Å². The van der Waals surface area contributed by atoms with Crippen molar-refractivity contribution in [2.24, 2.45) is 0 Å². The lowest BCUT2D eigenvalue weighted by Crippen LogP contribution is -2.34. The van der Waals surface area contributed by atoms with Gasteiger partial charge in [0.2, 0.25) is 0 Å². The molecule has 0 saturated heterocycles. The van der Waals surface area contributed by atoms with Gasteiger partial charge in [0.25, 0.3) is 0 Å². The van der Waals surface area contributed by atoms with Crippen molar-refractivity contribution in [3.63, 3.8) is 0 Å². The van der Waals surface area contributed by atoms with E-state index in [9.17, 15) is 10.2 Å². The van der Waals surface area contributed by atoms with Crippen molar-refractivity contribution in [3.05, 3.63) is 0 Å². The van der Waals surface area contributed by atoms with E-state index in [0.29, 0.717) is 13.1 Å². The van der Waals surface area contributed by atoms with Gasteiger partial charge in [-0.2, -0.15) is 0 Å². The molecule has 4 nitrogen and oxygen atoms in total. The zero-order valence-electron chi connectivity index (χ0n) is 16.7. The largest absolute Gasteiger partial charge is 0.394 e. The van der Waals surface area contributed by atoms with Crippen molar-refractivity contribution in [1.29, 1.82) is 0 Å². The fourth-order valence-electron chi connectivity index (χ4n) is 3.16. The summed E-state index contributed by atoms with van der Waals surface area (Å²) in [5.41, 5.74) is 0. The average molecular weight is 360 g/mol. The lowest BCUT2D eigenvalue weighted by molar-refractivity contribution is 0.0880. The maximum absolute atomic E-state index is 9.82. The summed E-state index contributed by atoms with van der Waals surface area (Å²) in [6.45, 7) is 2.87. The second-order valence-corrected chi connectivity index (χ2v) is 7.53. The first kappa shape index (κ1) is 24.8. The van der Waals surface area contributed by atoms with Gasteiger partial charge >= 0.3 is 0 Å². The maximum atomic E-state index is 9.82. The van der Waals surface area contributed by atoms with E-state index in [4.69, 9.17) is 5.11 Å². The number of aliphatic hydroxyl groups is 3. The van der Waals surface area contributed by atoms with Gasteiger partial charge in [-0.1, -0.05) is 96.8 Å². The van der Waals surface area contributed by atoms with Gasteiger partial charge in [-0.15, -0.1) is 0 Å². The normalized spacial score (nSPS) is 13.9. The first-order valence-corrected chi connectivity index (χ1v) is 10.9. The topological polar surface area (TPSA) is 72.7 Å². The lowest BCUT2D eigenvalue weighted by atomic mass is 10.0. The van der Waals surface area contributed by atoms with Gasteiger partial charge in [-0.05, 0) is 6.42 Å². The molecule has 2 unspecified atom stereocenters. The predicted molar refractivity (Wildman–Crippen MR) is 107 cm³/mol. The smallest absolute Gasteiger partial charge is 0.0894 e. The van der Waals surface area contributed by atoms with Crippen molar-refractivity contribution >= 4 is 0 Å². The minimum atomic E-state index is -0.728. The van der Waals surface area contributed by atoms with Crippen molar-refractivity contribution in [1.82, 2.24) is 5.32 Å². The van der Waals surface area contributed by atoms with E-state index in [2.05, 4.69) is 12.2 Å². The van der Waals surface area contributed by atoms with E-state index < -0.39 is 6.10 Å². The van der Waals surface area contributed by atoms with Gasteiger partial charge < -0.3 is 20.6 Å². The van der Waals surface area contributed by atoms with Crippen LogP contribution in [0.1, 0.15) is 103 Å². The molecule has 0 aliphatic heterocycles. The van der Waals surface area contributed by atoms with Crippen LogP contribution in [0.15, 0.2) is 0 Å². The minimum Gasteiger partial charge on any atom is -0.394 e. The molecule has 0 aliphatic carbocycles. The number of rotatable bonds is 20. The highest BCUT2D eigenvalue weighted by atomic mass is 16.3. The van der Waals surface area contributed by atoms with Crippen molar-refractivity contribution in [3.8, 4) is 0 Å². The van der Waals surface area contributed by atoms with Crippen LogP contribution in [-0.4, -0.2) is 47.2 Å². The third-order valence-electron chi connectivity index (χ3n) is 4.86. The summed E-state index contributed by atoms with van der Waals surface area (Å²) in [6.07, 6.45) is 18.6. The first-order chi connectivity index (χ1) is 12.2. The van der Waals surface area contributed by atoms with E-state index in [1.54, 1.807) is 0 Å². The van der Waals surface area contributed by atoms with Crippen LogP contribution < -0.4 is 5.32 Å². The van der Waals surface area contributed by atoms with Crippen LogP contribution in [0.4, 0.5) is 0 Å². The molecule has 0 rings (SSSR count). The van der Waals surface area contributed by atoms with Gasteiger partial charge in [0.15, 0.2) is 0 Å². The maximum Gasteiger partial charge on any atom is 0.0894 e. The zero-order valence-corrected chi connectivity index (χ0v) is 16.7. The van der Waals surface area contributed by atoms with Crippen LogP contribution in [-0.2, 0) is 0 Å². The molecule has 4 heteroatoms. The Bertz CT molecular complexity index is 251. The Hall–Kier alpha value is -0.160. The molecular weight excluding hydrogens is 314 g/mol. The summed E-state index contributed by atoms with van der Waals surface area (Å²) in [5.74, 6) is 0. The first-order valence-electron chi connectivity index (χ1n) is 10.9. The molecule has 25 heavy (non-hydrogen) atoms. The van der Waals surface area contributed by atoms with Crippen LogP contribution in [0.2, 0.25) is 0 Å². The molecule has 0 bridgehead atoms. The number of unbranched alkanes of at least 4 members (excludes halogenated alkanes) is 13. The lowest BCUT2D eigenvalue weighted by Gasteiger charge is -2.13. The molecule has 0 amide bonds. The molecule has 0 spiro atoms. The molecular formula is C21H45NO3. The van der Waals surface area contributed by atoms with Crippen LogP contribution in [0.25, 0.3) is 0 Å². The van der Waals surface area contributed by atoms with Crippen LogP contribution in [0, 0.1) is 0 Å². The average Bonchev–Trinajstić information content (AvgIpc) is 2.61. The third kappa shape index (κ3) is 20.0. The van der Waals surface area contributed by atoms with Crippen LogP contribution in [0.3, 0.4) is 0 Å². The number of nitrogens with one attached hydrogen (secondary N) is 1. The van der Waals surface area contributed by atoms with Crippen LogP contribution >= 0.6 is 0 Å². The molecule has 0 aromatic carbocycles. The monoisotopic (exact) mass is 359 g/mol. The molecule has 0 aromatic rings. The second-order valence-electron chi connectivity index (χ2n) is 7.53. The highest BCUT2D eigenvalue weighted by Gasteiger charge is 2.05. The Balaban J connectivity index is 3.13. The Morgan fingerprint density at radius 1 is 0.600 bits per heavy atom. The summed E-state index contributed by atoms with van der Waals surface area (Å²) < 4.78 is 0. The molecule has 152 valence electrons. The summed E-state index contributed by atoms with van der Waals surface area (Å²) in [4.78, 5) is 0. The number of aliphatic hydroxyl groups excluding tert-OH is 3. The van der Waals surface area contributed by atoms with Crippen molar-refractivity contribution < 1.29 is 15.3 Å². The highest BCUT2D eigenvalue weighted by Crippen LogP contribution is 2.13. The van der Waals surface area contributed by atoms with E-state index in [1.165, 1.54) is 83.5 Å². The quantitative estimate of drug-likeness (QED) is 0.246. The third-order valence-corrected chi connectivity index (χ3v) is 4.86. The summed E-state index contributed by atoms with van der Waals surface area (Å²) >= 11 is 0. The number of hydrogen-bond donors (Lipinski definition) is 4. The van der Waals surface area contributed by atoms with E-state index in [0.717, 1.165) is 12.8 Å². The molecule has 0 aliphatic rings. The predicted octanol–water partition coefficient (Wildman–Crippen LogP) is 4.16. The van der Waals surface area contributed by atoms with E-state index >= 15 is 0 Å². The molecule has 0 saturated carbocycles. The minimum absolute atomic E-state index is 0.234. The standard InChI is InChI=1S/C21H45NO3/c1-2-3-4-5-6-7-8-9-10-11-12-13-14-15-16-20(24)17-22-18-21(25)19-23/h20-25H,2-19H2,1H3. The number of hydrogen-bond acceptors (Lipinski definition) is 4. The van der Waals surface area contributed by atoms with E-state index in [1.807, 2.05) is 0 Å². The Morgan fingerprint density at radius 3 is 1.44 bits per heavy atom. The SMILES string of the molecule is CCCCCCCCCCCCCCCCC(O)CNCC(O)CO. The Labute approximate surface area is 156 Å². The molecule has 0 fully saturated rings. The molecule has 4 N–H and O–H groups in total. The Kier molecular flexibility index (Phi) is 20.0. The van der Waals surface area contributed by atoms with Gasteiger partial charge in [0.1, 0.15) is 0 Å². The fourth-order valence-corrected chi connectivity index (χ4v) is 3.16. The summed E-state index contributed by atoms with van der Waals surface area (Å²) in [6, 6.07) is 0. The molecule has 0 radical (unpaired) electrons. The Morgan fingerprint density at radius 2 is 1.00 bits per heavy atom. The summed E-state index contributed by atoms with van der Waals surface area (Å²) in [5, 5.41) is 30.7. The fraction of sp³-hybridized carbons (Fsp3) is 1.00. The highest BCUT2D eigenvalue weighted by molar-refractivity contribution is 4.63. The van der Waals surface area contributed by atoms with Gasteiger partial charge in [0, 0.05) is 13.1 Å². The van der Waals surface area contributed by atoms with E-state index in [-0.39, 0.29) is 12.7 Å². The molecule has 2 atom stereocenters. The zero-order chi connectivity index (χ0) is 18.6. The van der Waals surface area contributed by atoms with Gasteiger partial charge in [0.05, 0.1) is 18.8 Å². The van der Waals surface area contributed by atoms with Crippen molar-refractivity contribution in [2.45, 2.75) is 115 Å². The molecule has 0 heterocycles. The van der Waals surface area contributed by atoms with Crippen LogP contribution in [0.5, 0.6) is 0 Å². The second kappa shape index (κ2) is 20.2. The van der Waals surface area contributed by atoms with Crippen molar-refractivity contribution in [2.75, 3.05) is 19.7 Å². The summed E-state index contributed by atoms with van der Waals surface area (Å²) in [7, 11) is 0.